The van der Waals surface area contributed by atoms with E-state index in [0.717, 1.165) is 4.90 Å². The maximum atomic E-state index is 12.4. The number of hydrogen-bond donors (Lipinski definition) is 0. The van der Waals surface area contributed by atoms with Crippen LogP contribution in [0, 0.1) is 6.92 Å². The number of fused-ring (bicyclic) bond motifs is 2. The summed E-state index contributed by atoms with van der Waals surface area (Å²) in [5.41, 5.74) is 1.35. The third-order valence-corrected chi connectivity index (χ3v) is 3.56. The highest BCUT2D eigenvalue weighted by Crippen LogP contribution is 2.40. The van der Waals surface area contributed by atoms with Crippen molar-refractivity contribution in [3.05, 3.63) is 60.0 Å². The molecule has 2 aromatic rings. The maximum absolute atomic E-state index is 12.4. The zero-order chi connectivity index (χ0) is 14.6. The Bertz CT molecular complexity index is 762. The van der Waals surface area contributed by atoms with Crippen LogP contribution in [0.3, 0.4) is 0 Å². The van der Waals surface area contributed by atoms with Crippen LogP contribution in [0.25, 0.3) is 0 Å². The Balaban J connectivity index is 1.86. The topological polar surface area (TPSA) is 55.8 Å². The number of hydrogen-bond acceptors (Lipinski definition) is 4. The number of rotatable bonds is 1. The number of benzene rings is 2. The average Bonchev–Trinajstić information content (AvgIpc) is 3.03. The van der Waals surface area contributed by atoms with Gasteiger partial charge in [0.05, 0.1) is 16.8 Å². The normalized spacial score (nSPS) is 15.6. The lowest BCUT2D eigenvalue weighted by molar-refractivity contribution is 0.0926. The van der Waals surface area contributed by atoms with Crippen molar-refractivity contribution in [3.8, 4) is 11.5 Å². The Morgan fingerprint density at radius 3 is 2.14 bits per heavy atom. The Hall–Kier alpha value is -2.82. The quantitative estimate of drug-likeness (QED) is 0.751. The van der Waals surface area contributed by atoms with E-state index in [1.54, 1.807) is 36.4 Å². The van der Waals surface area contributed by atoms with Crippen molar-refractivity contribution in [1.82, 2.24) is 0 Å². The summed E-state index contributed by atoms with van der Waals surface area (Å²) < 4.78 is 10.5. The lowest BCUT2D eigenvalue weighted by Crippen LogP contribution is -2.30. The minimum Gasteiger partial charge on any atom is -0.454 e. The van der Waals surface area contributed by atoms with Gasteiger partial charge in [0, 0.05) is 13.0 Å². The molecule has 4 rings (SSSR count). The minimum absolute atomic E-state index is 0.0976. The van der Waals surface area contributed by atoms with Crippen LogP contribution in [0.4, 0.5) is 5.69 Å². The zero-order valence-electron chi connectivity index (χ0n) is 10.8. The molecule has 102 valence electrons. The highest BCUT2D eigenvalue weighted by Gasteiger charge is 2.37. The molecule has 0 fully saturated rings. The number of imide groups is 1. The monoisotopic (exact) mass is 279 g/mol. The molecule has 2 aliphatic rings. The number of carbonyl (C=O) groups excluding carboxylic acids is 2. The van der Waals surface area contributed by atoms with Gasteiger partial charge < -0.3 is 9.47 Å². The fourth-order valence-corrected chi connectivity index (χ4v) is 2.55. The summed E-state index contributed by atoms with van der Waals surface area (Å²) in [5.74, 6) is 0.200. The molecule has 0 unspecified atom stereocenters. The Kier molecular flexibility index (Phi) is 2.33. The number of amides is 2. The first-order valence-corrected chi connectivity index (χ1v) is 6.34. The second-order valence-electron chi connectivity index (χ2n) is 4.76. The summed E-state index contributed by atoms with van der Waals surface area (Å²) in [6.07, 6.45) is 0. The van der Waals surface area contributed by atoms with Crippen LogP contribution >= 0.6 is 0 Å². The van der Waals surface area contributed by atoms with Gasteiger partial charge in [-0.15, -0.1) is 0 Å². The highest BCUT2D eigenvalue weighted by molar-refractivity contribution is 6.34. The van der Waals surface area contributed by atoms with Crippen LogP contribution in [0.15, 0.2) is 36.4 Å². The van der Waals surface area contributed by atoms with Crippen molar-refractivity contribution in [2.75, 3.05) is 11.7 Å². The lowest BCUT2D eigenvalue weighted by atomic mass is 10.1. The van der Waals surface area contributed by atoms with Crippen LogP contribution in [0.1, 0.15) is 26.3 Å². The molecule has 0 aromatic heterocycles. The van der Waals surface area contributed by atoms with Crippen molar-refractivity contribution in [3.63, 3.8) is 0 Å². The molecule has 0 N–H and O–H groups in total. The van der Waals surface area contributed by atoms with E-state index in [9.17, 15) is 9.59 Å². The van der Waals surface area contributed by atoms with Gasteiger partial charge in [-0.25, -0.2) is 4.90 Å². The third kappa shape index (κ3) is 1.57. The number of nitrogens with zero attached hydrogens (tertiary/aromatic N) is 1. The van der Waals surface area contributed by atoms with Gasteiger partial charge in [0.15, 0.2) is 11.5 Å². The van der Waals surface area contributed by atoms with Crippen LogP contribution < -0.4 is 14.4 Å². The van der Waals surface area contributed by atoms with Gasteiger partial charge in [-0.2, -0.15) is 0 Å². The van der Waals surface area contributed by atoms with Crippen molar-refractivity contribution < 1.29 is 19.1 Å². The van der Waals surface area contributed by atoms with Gasteiger partial charge >= 0.3 is 0 Å². The summed E-state index contributed by atoms with van der Waals surface area (Å²) in [4.78, 5) is 25.9. The molecule has 2 aliphatic heterocycles. The lowest BCUT2D eigenvalue weighted by Gasteiger charge is -2.17. The van der Waals surface area contributed by atoms with E-state index in [-0.39, 0.29) is 24.2 Å². The first-order valence-electron chi connectivity index (χ1n) is 6.34. The first-order chi connectivity index (χ1) is 10.2. The predicted molar refractivity (Wildman–Crippen MR) is 73.5 cm³/mol. The van der Waals surface area contributed by atoms with E-state index in [2.05, 4.69) is 0 Å². The van der Waals surface area contributed by atoms with E-state index in [4.69, 9.17) is 16.4 Å². The van der Waals surface area contributed by atoms with Gasteiger partial charge in [0.25, 0.3) is 11.8 Å². The molecule has 0 aliphatic carbocycles. The molecule has 0 spiro atoms. The van der Waals surface area contributed by atoms with Gasteiger partial charge in [0.2, 0.25) is 6.79 Å². The molecule has 2 aromatic carbocycles. The van der Waals surface area contributed by atoms with Crippen molar-refractivity contribution in [1.29, 1.82) is 0 Å². The molecule has 0 bridgehead atoms. The SMILES string of the molecule is [CH]c1cc2c(cc1N1C(=O)c3ccccc3C1=O)OCO2. The van der Waals surface area contributed by atoms with Crippen molar-refractivity contribution in [2.24, 2.45) is 0 Å². The standard InChI is InChI=1S/C16H9NO4/c1-9-6-13-14(21-8-20-13)7-12(9)17-15(18)10-4-2-3-5-11(10)16(17)19/h1-7H,8H2. The van der Waals surface area contributed by atoms with Crippen LogP contribution in [-0.4, -0.2) is 18.6 Å². The number of anilines is 1. The van der Waals surface area contributed by atoms with Crippen LogP contribution in [0.2, 0.25) is 0 Å². The molecule has 2 heterocycles. The Morgan fingerprint density at radius 1 is 0.952 bits per heavy atom. The van der Waals surface area contributed by atoms with Crippen LogP contribution in [-0.2, 0) is 0 Å². The van der Waals surface area contributed by atoms with Gasteiger partial charge in [0.1, 0.15) is 0 Å². The summed E-state index contributed by atoms with van der Waals surface area (Å²) in [6.45, 7) is 6.05. The molecule has 5 nitrogen and oxygen atoms in total. The molecule has 0 atom stereocenters. The Morgan fingerprint density at radius 2 is 1.52 bits per heavy atom. The smallest absolute Gasteiger partial charge is 0.266 e. The fraction of sp³-hybridized carbons (Fsp3) is 0.0625. The number of carbonyl (C=O) groups is 2. The van der Waals surface area contributed by atoms with E-state index in [0.29, 0.717) is 28.3 Å². The first kappa shape index (κ1) is 12.0. The minimum atomic E-state index is -0.388. The molecule has 2 amide bonds. The molecule has 2 radical (unpaired) electrons. The highest BCUT2D eigenvalue weighted by atomic mass is 16.7. The van der Waals surface area contributed by atoms with E-state index >= 15 is 0 Å². The maximum Gasteiger partial charge on any atom is 0.266 e. The van der Waals surface area contributed by atoms with E-state index < -0.39 is 0 Å². The number of ether oxygens (including phenoxy) is 2. The summed E-state index contributed by atoms with van der Waals surface area (Å²) in [6, 6.07) is 9.80. The Labute approximate surface area is 120 Å². The van der Waals surface area contributed by atoms with Gasteiger partial charge in [-0.05, 0) is 23.8 Å². The van der Waals surface area contributed by atoms with Crippen LogP contribution in [0.5, 0.6) is 11.5 Å². The predicted octanol–water partition coefficient (Wildman–Crippen LogP) is 2.28. The second-order valence-corrected chi connectivity index (χ2v) is 4.76. The summed E-state index contributed by atoms with van der Waals surface area (Å²) >= 11 is 0. The molecular formula is C16H9NO4. The van der Waals surface area contributed by atoms with Crippen molar-refractivity contribution in [2.45, 2.75) is 0 Å². The molecule has 0 saturated heterocycles. The summed E-state index contributed by atoms with van der Waals surface area (Å²) in [7, 11) is 0. The average molecular weight is 279 g/mol. The fourth-order valence-electron chi connectivity index (χ4n) is 2.55. The van der Waals surface area contributed by atoms with Gasteiger partial charge in [-0.1, -0.05) is 12.1 Å². The van der Waals surface area contributed by atoms with E-state index in [1.807, 2.05) is 0 Å². The molecule has 0 saturated carbocycles. The van der Waals surface area contributed by atoms with Gasteiger partial charge in [-0.3, -0.25) is 9.59 Å². The summed E-state index contributed by atoms with van der Waals surface area (Å²) in [5, 5.41) is 0. The third-order valence-electron chi connectivity index (χ3n) is 3.56. The molecular weight excluding hydrogens is 270 g/mol. The molecule has 21 heavy (non-hydrogen) atoms. The zero-order valence-corrected chi connectivity index (χ0v) is 10.8. The van der Waals surface area contributed by atoms with E-state index in [1.165, 1.54) is 0 Å². The molecule has 5 heteroatoms. The second kappa shape index (κ2) is 4.09. The largest absolute Gasteiger partial charge is 0.454 e. The van der Waals surface area contributed by atoms with Crippen molar-refractivity contribution >= 4 is 17.5 Å².